The molecule has 1 aliphatic carbocycles. The Morgan fingerprint density at radius 1 is 1.18 bits per heavy atom. The highest BCUT2D eigenvalue weighted by Gasteiger charge is 2.50. The number of nitrogens with zero attached hydrogens (tertiary/aromatic N) is 3. The maximum Gasteiger partial charge on any atom is 0.231 e. The Morgan fingerprint density at radius 2 is 2.00 bits per heavy atom. The quantitative estimate of drug-likeness (QED) is 0.636. The van der Waals surface area contributed by atoms with Crippen LogP contribution in [0, 0.1) is 5.92 Å². The number of hydrogen-bond acceptors (Lipinski definition) is 6. The van der Waals surface area contributed by atoms with Crippen molar-refractivity contribution in [3.05, 3.63) is 34.9 Å². The average molecular weight is 474 g/mol. The average Bonchev–Trinajstić information content (AvgIpc) is 3.50. The zero-order valence-electron chi connectivity index (χ0n) is 18.8. The summed E-state index contributed by atoms with van der Waals surface area (Å²) >= 11 is 6.04. The lowest BCUT2D eigenvalue weighted by molar-refractivity contribution is -0.156. The minimum absolute atomic E-state index is 0.0166. The molecule has 178 valence electrons. The number of ether oxygens (including phenoxy) is 1. The van der Waals surface area contributed by atoms with Crippen molar-refractivity contribution in [3.63, 3.8) is 0 Å². The fourth-order valence-corrected chi connectivity index (χ4v) is 5.66. The topological polar surface area (TPSA) is 86.3 Å². The summed E-state index contributed by atoms with van der Waals surface area (Å²) in [6, 6.07) is 7.77. The maximum absolute atomic E-state index is 13.5. The van der Waals surface area contributed by atoms with Crippen LogP contribution in [0.25, 0.3) is 0 Å². The molecule has 3 fully saturated rings. The van der Waals surface area contributed by atoms with Crippen molar-refractivity contribution < 1.29 is 14.3 Å². The second-order valence-corrected chi connectivity index (χ2v) is 9.86. The third kappa shape index (κ3) is 4.82. The van der Waals surface area contributed by atoms with Crippen LogP contribution in [0.15, 0.2) is 29.4 Å². The second-order valence-electron chi connectivity index (χ2n) is 9.43. The molecule has 2 amide bonds. The summed E-state index contributed by atoms with van der Waals surface area (Å²) in [4.78, 5) is 30.1. The molecule has 0 radical (unpaired) electrons. The van der Waals surface area contributed by atoms with Gasteiger partial charge in [0.05, 0.1) is 12.0 Å². The summed E-state index contributed by atoms with van der Waals surface area (Å²) in [6.07, 6.45) is 6.90. The molecule has 1 aromatic rings. The van der Waals surface area contributed by atoms with E-state index in [1.54, 1.807) is 0 Å². The number of carbonyl (C=O) groups excluding carboxylic acids is 2. The van der Waals surface area contributed by atoms with Gasteiger partial charge in [0.25, 0.3) is 0 Å². The predicted octanol–water partition coefficient (Wildman–Crippen LogP) is 2.82. The van der Waals surface area contributed by atoms with E-state index in [9.17, 15) is 9.59 Å². The molecule has 5 rings (SSSR count). The van der Waals surface area contributed by atoms with Crippen molar-refractivity contribution in [3.8, 4) is 0 Å². The fourth-order valence-electron chi connectivity index (χ4n) is 5.53. The number of amidine groups is 1. The molecule has 2 N–H and O–H groups in total. The molecule has 9 heteroatoms. The van der Waals surface area contributed by atoms with E-state index < -0.39 is 0 Å². The molecule has 4 atom stereocenters. The fraction of sp³-hybridized carbons (Fsp3) is 0.625. The van der Waals surface area contributed by atoms with E-state index in [-0.39, 0.29) is 36.2 Å². The van der Waals surface area contributed by atoms with Gasteiger partial charge in [-0.3, -0.25) is 19.9 Å². The van der Waals surface area contributed by atoms with Crippen molar-refractivity contribution in [2.24, 2.45) is 11.0 Å². The minimum Gasteiger partial charge on any atom is -0.376 e. The van der Waals surface area contributed by atoms with Gasteiger partial charge in [-0.1, -0.05) is 36.6 Å². The molecule has 4 aliphatic rings. The first kappa shape index (κ1) is 22.5. The zero-order valence-corrected chi connectivity index (χ0v) is 19.6. The largest absolute Gasteiger partial charge is 0.376 e. The van der Waals surface area contributed by atoms with E-state index in [0.29, 0.717) is 31.0 Å². The number of hydrazone groups is 1. The van der Waals surface area contributed by atoms with Gasteiger partial charge in [-0.2, -0.15) is 5.10 Å². The van der Waals surface area contributed by atoms with Crippen molar-refractivity contribution in [1.29, 1.82) is 0 Å². The van der Waals surface area contributed by atoms with Crippen LogP contribution in [0.3, 0.4) is 0 Å². The van der Waals surface area contributed by atoms with Crippen molar-refractivity contribution in [2.45, 2.75) is 76.3 Å². The van der Waals surface area contributed by atoms with Crippen LogP contribution in [0.4, 0.5) is 0 Å². The predicted molar refractivity (Wildman–Crippen MR) is 125 cm³/mol. The number of halogens is 1. The summed E-state index contributed by atoms with van der Waals surface area (Å²) in [7, 11) is 0. The Morgan fingerprint density at radius 3 is 2.79 bits per heavy atom. The molecule has 0 aromatic heterocycles. The van der Waals surface area contributed by atoms with Crippen LogP contribution in [-0.4, -0.2) is 59.0 Å². The van der Waals surface area contributed by atoms with Gasteiger partial charge in [0, 0.05) is 43.6 Å². The van der Waals surface area contributed by atoms with Crippen LogP contribution in [-0.2, 0) is 20.9 Å². The number of carbonyl (C=O) groups is 2. The lowest BCUT2D eigenvalue weighted by Crippen LogP contribution is -2.67. The molecular weight excluding hydrogens is 442 g/mol. The van der Waals surface area contributed by atoms with E-state index in [1.165, 1.54) is 0 Å². The molecule has 3 heterocycles. The van der Waals surface area contributed by atoms with E-state index in [4.69, 9.17) is 16.3 Å². The van der Waals surface area contributed by atoms with Gasteiger partial charge in [-0.05, 0) is 43.4 Å². The summed E-state index contributed by atoms with van der Waals surface area (Å²) in [5.41, 5.74) is 4.23. The van der Waals surface area contributed by atoms with E-state index in [1.807, 2.05) is 29.2 Å². The lowest BCUT2D eigenvalue weighted by atomic mass is 9.80. The van der Waals surface area contributed by atoms with Crippen LogP contribution in [0.2, 0.25) is 5.02 Å². The summed E-state index contributed by atoms with van der Waals surface area (Å²) in [5.74, 6) is 1.05. The molecular formula is C24H32ClN5O3. The van der Waals surface area contributed by atoms with Gasteiger partial charge >= 0.3 is 0 Å². The number of hydrogen-bond donors (Lipinski definition) is 2. The monoisotopic (exact) mass is 473 g/mol. The van der Waals surface area contributed by atoms with Crippen molar-refractivity contribution in [1.82, 2.24) is 20.5 Å². The summed E-state index contributed by atoms with van der Waals surface area (Å²) in [6.45, 7) is 1.86. The highest BCUT2D eigenvalue weighted by Crippen LogP contribution is 2.38. The molecule has 3 aliphatic heterocycles. The number of rotatable bonds is 7. The smallest absolute Gasteiger partial charge is 0.231 e. The van der Waals surface area contributed by atoms with Crippen LogP contribution >= 0.6 is 11.6 Å². The van der Waals surface area contributed by atoms with E-state index >= 15 is 0 Å². The standard InChI is InChI=1S/C24H32ClN5O3/c25-17-9-7-16(8-10-17)15-29-23(32)19-5-1-2-6-20(19)30-21(27-28-24(29)30)11-12-22(31)26-14-18-4-3-13-33-18/h7-10,18-20,24,28H,1-6,11-15H2,(H,26,31). The maximum atomic E-state index is 13.5. The van der Waals surface area contributed by atoms with Crippen molar-refractivity contribution >= 4 is 29.3 Å². The summed E-state index contributed by atoms with van der Waals surface area (Å²) < 4.78 is 5.59. The Balaban J connectivity index is 1.26. The van der Waals surface area contributed by atoms with Gasteiger partial charge in [-0.15, -0.1) is 0 Å². The first-order chi connectivity index (χ1) is 16.1. The van der Waals surface area contributed by atoms with E-state index in [2.05, 4.69) is 20.7 Å². The molecule has 1 aromatic carbocycles. The first-order valence-electron chi connectivity index (χ1n) is 12.1. The van der Waals surface area contributed by atoms with Gasteiger partial charge in [0.15, 0.2) is 6.29 Å². The summed E-state index contributed by atoms with van der Waals surface area (Å²) in [5, 5.41) is 8.27. The molecule has 8 nitrogen and oxygen atoms in total. The van der Waals surface area contributed by atoms with Crippen LogP contribution in [0.5, 0.6) is 0 Å². The first-order valence-corrected chi connectivity index (χ1v) is 12.5. The SMILES string of the molecule is O=C(CCC1=NNC2N(Cc3ccc(Cl)cc3)C(=O)C3CCCCC3N12)NCC1CCCO1. The second kappa shape index (κ2) is 9.89. The Kier molecular flexibility index (Phi) is 6.74. The Labute approximate surface area is 199 Å². The molecule has 1 saturated carbocycles. The number of fused-ring (bicyclic) bond motifs is 3. The Hall–Kier alpha value is -2.32. The normalized spacial score (nSPS) is 28.8. The molecule has 33 heavy (non-hydrogen) atoms. The molecule has 2 saturated heterocycles. The van der Waals surface area contributed by atoms with Gasteiger partial charge < -0.3 is 15.0 Å². The Bertz CT molecular complexity index is 902. The van der Waals surface area contributed by atoms with Gasteiger partial charge in [-0.25, -0.2) is 0 Å². The van der Waals surface area contributed by atoms with Crippen molar-refractivity contribution in [2.75, 3.05) is 13.2 Å². The van der Waals surface area contributed by atoms with Gasteiger partial charge in [0.1, 0.15) is 5.84 Å². The van der Waals surface area contributed by atoms with E-state index in [0.717, 1.165) is 56.5 Å². The van der Waals surface area contributed by atoms with Crippen LogP contribution in [0.1, 0.15) is 56.9 Å². The van der Waals surface area contributed by atoms with Gasteiger partial charge in [0.2, 0.25) is 11.8 Å². The third-order valence-corrected chi connectivity index (χ3v) is 7.50. The number of amides is 2. The molecule has 0 spiro atoms. The number of benzene rings is 1. The molecule has 4 unspecified atom stereocenters. The zero-order chi connectivity index (χ0) is 22.8. The highest BCUT2D eigenvalue weighted by molar-refractivity contribution is 6.30. The molecule has 0 bridgehead atoms. The number of nitrogens with one attached hydrogen (secondary N) is 2. The van der Waals surface area contributed by atoms with Crippen LogP contribution < -0.4 is 10.7 Å². The minimum atomic E-state index is -0.308. The lowest BCUT2D eigenvalue weighted by Gasteiger charge is -2.50. The highest BCUT2D eigenvalue weighted by atomic mass is 35.5. The third-order valence-electron chi connectivity index (χ3n) is 7.25.